The number of halogens is 2. The quantitative estimate of drug-likeness (QED) is 0.448. The van der Waals surface area contributed by atoms with Crippen LogP contribution in [0.15, 0.2) is 41.2 Å². The smallest absolute Gasteiger partial charge is 0.261 e. The maximum atomic E-state index is 14.8. The highest BCUT2D eigenvalue weighted by Gasteiger charge is 2.21. The third kappa shape index (κ3) is 4.39. The normalized spacial score (nSPS) is 14.7. The lowest BCUT2D eigenvalue weighted by molar-refractivity contribution is 0.209. The number of piperazine rings is 1. The first kappa shape index (κ1) is 23.8. The minimum absolute atomic E-state index is 0.00549. The summed E-state index contributed by atoms with van der Waals surface area (Å²) in [5.41, 5.74) is 7.50. The van der Waals surface area contributed by atoms with E-state index in [4.69, 9.17) is 5.73 Å². The molecule has 0 bridgehead atoms. The Hall–Kier alpha value is -3.92. The maximum absolute atomic E-state index is 14.8. The Balaban J connectivity index is 1.49. The van der Waals surface area contributed by atoms with Crippen LogP contribution in [0, 0.1) is 18.7 Å². The van der Waals surface area contributed by atoms with Gasteiger partial charge in [-0.15, -0.1) is 0 Å². The summed E-state index contributed by atoms with van der Waals surface area (Å²) in [5.74, 6) is -1.43. The largest absolute Gasteiger partial charge is 0.382 e. The van der Waals surface area contributed by atoms with Gasteiger partial charge in [0.15, 0.2) is 5.82 Å². The summed E-state index contributed by atoms with van der Waals surface area (Å²) < 4.78 is 29.7. The minimum atomic E-state index is -0.818. The molecule has 0 unspecified atom stereocenters. The molecule has 2 aromatic carbocycles. The number of nitrogens with one attached hydrogen (secondary N) is 1. The molecule has 1 aliphatic rings. The van der Waals surface area contributed by atoms with E-state index in [1.165, 1.54) is 6.07 Å². The van der Waals surface area contributed by atoms with E-state index in [2.05, 4.69) is 43.6 Å². The molecule has 186 valence electrons. The first-order valence-electron chi connectivity index (χ1n) is 11.8. The Labute approximate surface area is 206 Å². The summed E-state index contributed by atoms with van der Waals surface area (Å²) in [5, 5.41) is -0.164. The number of fused-ring (bicyclic) bond motifs is 1. The van der Waals surface area contributed by atoms with E-state index in [0.29, 0.717) is 17.4 Å². The zero-order chi connectivity index (χ0) is 25.6. The first-order chi connectivity index (χ1) is 17.2. The van der Waals surface area contributed by atoms with Gasteiger partial charge in [-0.25, -0.2) is 14.4 Å². The molecule has 1 aliphatic heterocycles. The third-order valence-corrected chi connectivity index (χ3v) is 6.58. The van der Waals surface area contributed by atoms with Crippen molar-refractivity contribution in [1.29, 1.82) is 0 Å². The van der Waals surface area contributed by atoms with Gasteiger partial charge in [-0.3, -0.25) is 9.69 Å². The first-order valence-corrected chi connectivity index (χ1v) is 11.8. The molecule has 4 aromatic rings. The van der Waals surface area contributed by atoms with Gasteiger partial charge in [0, 0.05) is 49.0 Å². The van der Waals surface area contributed by atoms with E-state index in [1.54, 1.807) is 19.1 Å². The van der Waals surface area contributed by atoms with Gasteiger partial charge in [-0.2, -0.15) is 9.37 Å². The monoisotopic (exact) mass is 491 g/mol. The fraction of sp³-hybridized carbons (Fsp3) is 0.308. The molecule has 0 radical (unpaired) electrons. The molecule has 3 N–H and O–H groups in total. The zero-order valence-electron chi connectivity index (χ0n) is 20.3. The summed E-state index contributed by atoms with van der Waals surface area (Å²) in [6, 6.07) is 10.6. The van der Waals surface area contributed by atoms with Gasteiger partial charge < -0.3 is 15.6 Å². The Morgan fingerprint density at radius 3 is 2.31 bits per heavy atom. The van der Waals surface area contributed by atoms with Crippen LogP contribution in [0.5, 0.6) is 0 Å². The molecule has 10 heteroatoms. The Morgan fingerprint density at radius 2 is 1.64 bits per heavy atom. The molecule has 1 saturated heterocycles. The van der Waals surface area contributed by atoms with Crippen molar-refractivity contribution in [2.75, 3.05) is 36.8 Å². The molecule has 0 saturated carbocycles. The van der Waals surface area contributed by atoms with Gasteiger partial charge >= 0.3 is 0 Å². The number of H-pyrrole nitrogens is 1. The summed E-state index contributed by atoms with van der Waals surface area (Å²) in [6.45, 7) is 9.81. The number of anilines is 2. The number of nitrogens with zero attached hydrogens (tertiary/aromatic N) is 5. The number of hydrogen-bond donors (Lipinski definition) is 2. The molecule has 5 rings (SSSR count). The third-order valence-electron chi connectivity index (χ3n) is 6.58. The molecule has 0 atom stereocenters. The second-order valence-corrected chi connectivity index (χ2v) is 9.26. The number of aromatic amines is 1. The molecule has 0 spiro atoms. The van der Waals surface area contributed by atoms with Crippen LogP contribution < -0.4 is 16.2 Å². The number of rotatable bonds is 4. The van der Waals surface area contributed by atoms with Crippen LogP contribution in [0.25, 0.3) is 33.4 Å². The van der Waals surface area contributed by atoms with E-state index < -0.39 is 17.3 Å². The number of aryl methyl sites for hydroxylation is 1. The van der Waals surface area contributed by atoms with Crippen LogP contribution >= 0.6 is 0 Å². The lowest BCUT2D eigenvalue weighted by Crippen LogP contribution is -2.48. The maximum Gasteiger partial charge on any atom is 0.261 e. The average Bonchev–Trinajstić information content (AvgIpc) is 2.83. The summed E-state index contributed by atoms with van der Waals surface area (Å²) in [6.07, 6.45) is 0. The standard InChI is InChI=1S/C26H27F2N7O/c1-14(2)34-8-10-35(11-9-34)18-6-4-16(5-7-18)22-24(28)33-25(29)23(32-22)17-12-19(27)21-20(13-17)30-15(3)31-26(21)36/h4-7,12-14H,8-11H2,1-3H3,(H2,29,33)(H,30,31,36). The van der Waals surface area contributed by atoms with Gasteiger partial charge in [0.2, 0.25) is 5.95 Å². The average molecular weight is 492 g/mol. The fourth-order valence-electron chi connectivity index (χ4n) is 4.63. The van der Waals surface area contributed by atoms with Gasteiger partial charge in [0.05, 0.1) is 5.52 Å². The minimum Gasteiger partial charge on any atom is -0.382 e. The van der Waals surface area contributed by atoms with Gasteiger partial charge in [-0.1, -0.05) is 12.1 Å². The van der Waals surface area contributed by atoms with Crippen LogP contribution in [0.1, 0.15) is 19.7 Å². The van der Waals surface area contributed by atoms with Gasteiger partial charge in [0.1, 0.15) is 28.4 Å². The topological polar surface area (TPSA) is 104 Å². The molecule has 2 aromatic heterocycles. The van der Waals surface area contributed by atoms with Crippen molar-refractivity contribution in [3.8, 4) is 22.5 Å². The Morgan fingerprint density at radius 1 is 0.944 bits per heavy atom. The van der Waals surface area contributed by atoms with Gasteiger partial charge in [0.25, 0.3) is 5.56 Å². The number of benzene rings is 2. The predicted octanol–water partition coefficient (Wildman–Crippen LogP) is 3.75. The fourth-order valence-corrected chi connectivity index (χ4v) is 4.63. The molecule has 1 fully saturated rings. The number of aromatic nitrogens is 4. The van der Waals surface area contributed by atoms with Crippen molar-refractivity contribution in [1.82, 2.24) is 24.8 Å². The van der Waals surface area contributed by atoms with E-state index in [0.717, 1.165) is 37.9 Å². The van der Waals surface area contributed by atoms with Crippen molar-refractivity contribution >= 4 is 22.4 Å². The molecule has 0 aliphatic carbocycles. The second-order valence-electron chi connectivity index (χ2n) is 9.26. The SMILES string of the molecule is Cc1nc2cc(-c3nc(-c4ccc(N5CCN(C(C)C)CC5)cc4)c(F)nc3N)cc(F)c2c(=O)[nH]1. The molecular formula is C26H27F2N7O. The summed E-state index contributed by atoms with van der Waals surface area (Å²) >= 11 is 0. The summed E-state index contributed by atoms with van der Waals surface area (Å²) in [7, 11) is 0. The second kappa shape index (κ2) is 9.27. The van der Waals surface area contributed by atoms with Crippen molar-refractivity contribution in [2.24, 2.45) is 0 Å². The van der Waals surface area contributed by atoms with E-state index in [1.807, 2.05) is 12.1 Å². The molecular weight excluding hydrogens is 464 g/mol. The van der Waals surface area contributed by atoms with Crippen LogP contribution in [0.2, 0.25) is 0 Å². The van der Waals surface area contributed by atoms with E-state index in [9.17, 15) is 13.6 Å². The highest BCUT2D eigenvalue weighted by Crippen LogP contribution is 2.31. The number of nitrogen functional groups attached to an aromatic ring is 1. The highest BCUT2D eigenvalue weighted by atomic mass is 19.1. The molecule has 8 nitrogen and oxygen atoms in total. The number of hydrogen-bond acceptors (Lipinski definition) is 7. The van der Waals surface area contributed by atoms with Crippen LogP contribution in [-0.4, -0.2) is 57.1 Å². The van der Waals surface area contributed by atoms with E-state index in [-0.39, 0.29) is 33.7 Å². The van der Waals surface area contributed by atoms with Crippen LogP contribution in [0.4, 0.5) is 20.3 Å². The van der Waals surface area contributed by atoms with Crippen LogP contribution in [-0.2, 0) is 0 Å². The van der Waals surface area contributed by atoms with Crippen molar-refractivity contribution < 1.29 is 8.78 Å². The highest BCUT2D eigenvalue weighted by molar-refractivity contribution is 5.86. The van der Waals surface area contributed by atoms with E-state index >= 15 is 0 Å². The Kier molecular flexibility index (Phi) is 6.13. The molecule has 3 heterocycles. The Bertz CT molecular complexity index is 1490. The van der Waals surface area contributed by atoms with Crippen LogP contribution in [0.3, 0.4) is 0 Å². The molecule has 0 amide bonds. The van der Waals surface area contributed by atoms with Crippen molar-refractivity contribution in [3.63, 3.8) is 0 Å². The predicted molar refractivity (Wildman–Crippen MR) is 137 cm³/mol. The molecule has 36 heavy (non-hydrogen) atoms. The van der Waals surface area contributed by atoms with Gasteiger partial charge in [-0.05, 0) is 45.0 Å². The zero-order valence-corrected chi connectivity index (χ0v) is 20.3. The number of nitrogens with two attached hydrogens (primary N) is 1. The summed E-state index contributed by atoms with van der Waals surface area (Å²) in [4.78, 5) is 31.8. The lowest BCUT2D eigenvalue weighted by Gasteiger charge is -2.38. The van der Waals surface area contributed by atoms with Crippen molar-refractivity contribution in [3.05, 3.63) is 64.3 Å². The lowest BCUT2D eigenvalue weighted by atomic mass is 10.1. The van der Waals surface area contributed by atoms with Crippen molar-refractivity contribution in [2.45, 2.75) is 26.8 Å².